The lowest BCUT2D eigenvalue weighted by molar-refractivity contribution is -0.139. The highest BCUT2D eigenvalue weighted by molar-refractivity contribution is 7.90. The minimum absolute atomic E-state index is 0.359. The molecule has 2 N–H and O–H groups in total. The molecule has 18 heavy (non-hydrogen) atoms. The van der Waals surface area contributed by atoms with Crippen molar-refractivity contribution >= 4 is 16.0 Å². The molecule has 5 nitrogen and oxygen atoms in total. The molecule has 0 spiro atoms. The molecule has 0 unspecified atom stereocenters. The van der Waals surface area contributed by atoms with Crippen LogP contribution in [0.1, 0.15) is 58.3 Å². The number of sulfonamides is 1. The third kappa shape index (κ3) is 4.57. The lowest BCUT2D eigenvalue weighted by atomic mass is 10.0. The zero-order chi connectivity index (χ0) is 13.6. The topological polar surface area (TPSA) is 83.5 Å². The molecule has 1 fully saturated rings. The number of carboxylic acids is 1. The molecule has 1 saturated carbocycles. The van der Waals surface area contributed by atoms with Gasteiger partial charge in [0.15, 0.2) is 0 Å². The lowest BCUT2D eigenvalue weighted by Crippen LogP contribution is -2.45. The van der Waals surface area contributed by atoms with E-state index in [1.807, 2.05) is 6.92 Å². The number of unbranched alkanes of at least 4 members (excludes halogenated alkanes) is 1. The van der Waals surface area contributed by atoms with Crippen molar-refractivity contribution in [2.75, 3.05) is 0 Å². The van der Waals surface area contributed by atoms with Gasteiger partial charge in [0.2, 0.25) is 10.0 Å². The summed E-state index contributed by atoms with van der Waals surface area (Å²) >= 11 is 0. The number of nitrogens with one attached hydrogen (secondary N) is 1. The average molecular weight is 277 g/mol. The van der Waals surface area contributed by atoms with Crippen LogP contribution in [0.25, 0.3) is 0 Å². The fraction of sp³-hybridized carbons (Fsp3) is 0.917. The first-order valence-corrected chi connectivity index (χ1v) is 8.26. The van der Waals surface area contributed by atoms with Crippen molar-refractivity contribution < 1.29 is 18.3 Å². The van der Waals surface area contributed by atoms with Gasteiger partial charge in [-0.05, 0) is 19.3 Å². The van der Waals surface area contributed by atoms with E-state index < -0.39 is 27.3 Å². The van der Waals surface area contributed by atoms with Crippen molar-refractivity contribution in [2.45, 2.75) is 69.6 Å². The highest BCUT2D eigenvalue weighted by atomic mass is 32.2. The Balaban J connectivity index is 2.62. The Bertz CT molecular complexity index is 360. The minimum Gasteiger partial charge on any atom is -0.480 e. The molecule has 6 heteroatoms. The van der Waals surface area contributed by atoms with E-state index in [2.05, 4.69) is 4.72 Å². The molecule has 0 aliphatic heterocycles. The summed E-state index contributed by atoms with van der Waals surface area (Å²) in [6, 6.07) is -0.975. The maximum Gasteiger partial charge on any atom is 0.321 e. The molecule has 0 aromatic rings. The summed E-state index contributed by atoms with van der Waals surface area (Å²) in [5, 5.41) is 8.63. The summed E-state index contributed by atoms with van der Waals surface area (Å²) in [4.78, 5) is 11.0. The second kappa shape index (κ2) is 7.09. The summed E-state index contributed by atoms with van der Waals surface area (Å²) in [6.45, 7) is 1.95. The van der Waals surface area contributed by atoms with Gasteiger partial charge in [0.1, 0.15) is 6.04 Å². The molecule has 0 heterocycles. The number of hydrogen-bond acceptors (Lipinski definition) is 3. The number of hydrogen-bond donors (Lipinski definition) is 2. The molecule has 106 valence electrons. The Morgan fingerprint density at radius 2 is 1.94 bits per heavy atom. The van der Waals surface area contributed by atoms with Crippen LogP contribution in [0.5, 0.6) is 0 Å². The van der Waals surface area contributed by atoms with Crippen molar-refractivity contribution in [2.24, 2.45) is 0 Å². The van der Waals surface area contributed by atoms with Crippen molar-refractivity contribution in [3.63, 3.8) is 0 Å². The van der Waals surface area contributed by atoms with Crippen LogP contribution in [0.15, 0.2) is 0 Å². The van der Waals surface area contributed by atoms with Crippen molar-refractivity contribution in [3.05, 3.63) is 0 Å². The van der Waals surface area contributed by atoms with Crippen molar-refractivity contribution in [1.82, 2.24) is 4.72 Å². The number of aliphatic carboxylic acids is 1. The van der Waals surface area contributed by atoms with Crippen LogP contribution in [0.4, 0.5) is 0 Å². The molecular formula is C12H23NO4S. The SMILES string of the molecule is CCCC[C@H](NS(=O)(=O)C1CCCCC1)C(=O)O. The molecule has 0 radical (unpaired) electrons. The molecule has 1 aliphatic rings. The van der Waals surface area contributed by atoms with E-state index in [-0.39, 0.29) is 0 Å². The van der Waals surface area contributed by atoms with Gasteiger partial charge in [0, 0.05) is 0 Å². The molecule has 0 saturated heterocycles. The first kappa shape index (κ1) is 15.4. The van der Waals surface area contributed by atoms with Gasteiger partial charge in [-0.2, -0.15) is 0 Å². The predicted molar refractivity (Wildman–Crippen MR) is 69.9 cm³/mol. The van der Waals surface area contributed by atoms with E-state index in [0.29, 0.717) is 25.7 Å². The fourth-order valence-electron chi connectivity index (χ4n) is 2.31. The van der Waals surface area contributed by atoms with Gasteiger partial charge in [-0.25, -0.2) is 13.1 Å². The van der Waals surface area contributed by atoms with E-state index in [4.69, 9.17) is 5.11 Å². The molecular weight excluding hydrogens is 254 g/mol. The van der Waals surface area contributed by atoms with Crippen LogP contribution in [-0.2, 0) is 14.8 Å². The summed E-state index contributed by atoms with van der Waals surface area (Å²) < 4.78 is 26.5. The molecule has 1 rings (SSSR count). The fourth-order valence-corrected chi connectivity index (χ4v) is 4.07. The Kier molecular flexibility index (Phi) is 6.08. The molecule has 1 aliphatic carbocycles. The van der Waals surface area contributed by atoms with Crippen LogP contribution in [-0.4, -0.2) is 30.8 Å². The summed E-state index contributed by atoms with van der Waals surface area (Å²) in [5.74, 6) is -1.08. The summed E-state index contributed by atoms with van der Waals surface area (Å²) in [6.07, 6.45) is 6.13. The van der Waals surface area contributed by atoms with Gasteiger partial charge in [-0.1, -0.05) is 39.0 Å². The highest BCUT2D eigenvalue weighted by Crippen LogP contribution is 2.23. The van der Waals surface area contributed by atoms with Gasteiger partial charge in [-0.15, -0.1) is 0 Å². The Morgan fingerprint density at radius 1 is 1.33 bits per heavy atom. The predicted octanol–water partition coefficient (Wildman–Crippen LogP) is 1.88. The third-order valence-electron chi connectivity index (χ3n) is 3.44. The number of rotatable bonds is 7. The zero-order valence-electron chi connectivity index (χ0n) is 10.9. The maximum atomic E-state index is 12.1. The van der Waals surface area contributed by atoms with Gasteiger partial charge >= 0.3 is 5.97 Å². The van der Waals surface area contributed by atoms with Gasteiger partial charge in [0.25, 0.3) is 0 Å². The quantitative estimate of drug-likeness (QED) is 0.744. The number of carbonyl (C=O) groups is 1. The van der Waals surface area contributed by atoms with E-state index in [1.54, 1.807) is 0 Å². The maximum absolute atomic E-state index is 12.1. The average Bonchev–Trinajstić information content (AvgIpc) is 2.35. The summed E-state index contributed by atoms with van der Waals surface area (Å²) in [5.41, 5.74) is 0. The first-order valence-electron chi connectivity index (χ1n) is 6.71. The second-order valence-corrected chi connectivity index (χ2v) is 6.95. The smallest absolute Gasteiger partial charge is 0.321 e. The van der Waals surface area contributed by atoms with Gasteiger partial charge < -0.3 is 5.11 Å². The second-order valence-electron chi connectivity index (χ2n) is 4.96. The van der Waals surface area contributed by atoms with Crippen LogP contribution < -0.4 is 4.72 Å². The molecule has 1 atom stereocenters. The van der Waals surface area contributed by atoms with Crippen LogP contribution in [0, 0.1) is 0 Å². The zero-order valence-corrected chi connectivity index (χ0v) is 11.7. The normalized spacial score (nSPS) is 19.6. The lowest BCUT2D eigenvalue weighted by Gasteiger charge is -2.24. The van der Waals surface area contributed by atoms with E-state index in [0.717, 1.165) is 25.7 Å². The molecule has 0 amide bonds. The molecule has 0 aromatic heterocycles. The van der Waals surface area contributed by atoms with E-state index >= 15 is 0 Å². The van der Waals surface area contributed by atoms with Gasteiger partial charge in [0.05, 0.1) is 5.25 Å². The van der Waals surface area contributed by atoms with Crippen molar-refractivity contribution in [1.29, 1.82) is 0 Å². The van der Waals surface area contributed by atoms with Gasteiger partial charge in [-0.3, -0.25) is 4.79 Å². The van der Waals surface area contributed by atoms with Crippen LogP contribution in [0.3, 0.4) is 0 Å². The Morgan fingerprint density at radius 3 is 2.44 bits per heavy atom. The largest absolute Gasteiger partial charge is 0.480 e. The Labute approximate surface area is 109 Å². The molecule has 0 bridgehead atoms. The minimum atomic E-state index is -3.49. The highest BCUT2D eigenvalue weighted by Gasteiger charge is 2.31. The standard InChI is InChI=1S/C12H23NO4S/c1-2-3-9-11(12(14)15)13-18(16,17)10-7-5-4-6-8-10/h10-11,13H,2-9H2,1H3,(H,14,15)/t11-/m0/s1. The first-order chi connectivity index (χ1) is 8.47. The summed E-state index contributed by atoms with van der Waals surface area (Å²) in [7, 11) is -3.49. The van der Waals surface area contributed by atoms with E-state index in [1.165, 1.54) is 0 Å². The van der Waals surface area contributed by atoms with Crippen LogP contribution >= 0.6 is 0 Å². The van der Waals surface area contributed by atoms with E-state index in [9.17, 15) is 13.2 Å². The Hall–Kier alpha value is -0.620. The number of carboxylic acid groups (broad SMARTS) is 1. The van der Waals surface area contributed by atoms with Crippen LogP contribution in [0.2, 0.25) is 0 Å². The third-order valence-corrected chi connectivity index (χ3v) is 5.40. The molecule has 0 aromatic carbocycles. The van der Waals surface area contributed by atoms with Crippen molar-refractivity contribution in [3.8, 4) is 0 Å². The monoisotopic (exact) mass is 277 g/mol.